The highest BCUT2D eigenvalue weighted by Gasteiger charge is 2.10. The second kappa shape index (κ2) is 10.8. The molecule has 0 radical (unpaired) electrons. The quantitative estimate of drug-likeness (QED) is 0.500. The molecule has 0 fully saturated rings. The van der Waals surface area contributed by atoms with E-state index in [1.54, 1.807) is 19.2 Å². The Labute approximate surface area is 171 Å². The van der Waals surface area contributed by atoms with E-state index in [9.17, 15) is 9.59 Å². The fourth-order valence-electron chi connectivity index (χ4n) is 2.63. The third-order valence-electron chi connectivity index (χ3n) is 4.16. The number of hydrazone groups is 1. The van der Waals surface area contributed by atoms with Gasteiger partial charge in [0, 0.05) is 24.1 Å². The monoisotopic (exact) mass is 397 g/mol. The summed E-state index contributed by atoms with van der Waals surface area (Å²) in [5, 5.41) is 6.79. The normalized spacial score (nSPS) is 10.6. The summed E-state index contributed by atoms with van der Waals surface area (Å²) < 4.78 is 10.9. The molecular weight excluding hydrogens is 370 g/mol. The molecule has 7 nitrogen and oxygen atoms in total. The molecule has 0 aromatic heterocycles. The number of methoxy groups -OCH3 is 1. The molecular formula is C22H27N3O4. The Morgan fingerprint density at radius 1 is 1.10 bits per heavy atom. The number of para-hydroxylation sites is 1. The highest BCUT2D eigenvalue weighted by Crippen LogP contribution is 2.29. The number of hydrogen-bond donors (Lipinski definition) is 2. The minimum Gasteiger partial charge on any atom is -0.493 e. The van der Waals surface area contributed by atoms with Gasteiger partial charge in [-0.1, -0.05) is 18.2 Å². The average Bonchev–Trinajstić information content (AvgIpc) is 2.70. The molecule has 0 unspecified atom stereocenters. The van der Waals surface area contributed by atoms with Crippen molar-refractivity contribution in [1.82, 2.24) is 5.43 Å². The van der Waals surface area contributed by atoms with Crippen LogP contribution in [-0.2, 0) is 9.59 Å². The Bertz CT molecular complexity index is 894. The van der Waals surface area contributed by atoms with Crippen LogP contribution >= 0.6 is 0 Å². The highest BCUT2D eigenvalue weighted by atomic mass is 16.5. The Balaban J connectivity index is 1.87. The second-order valence-electron chi connectivity index (χ2n) is 6.47. The van der Waals surface area contributed by atoms with Crippen LogP contribution in [0.1, 0.15) is 36.5 Å². The first-order valence-corrected chi connectivity index (χ1v) is 9.43. The van der Waals surface area contributed by atoms with E-state index in [0.29, 0.717) is 23.7 Å². The van der Waals surface area contributed by atoms with Crippen molar-refractivity contribution in [1.29, 1.82) is 0 Å². The van der Waals surface area contributed by atoms with Crippen LogP contribution in [0.5, 0.6) is 11.5 Å². The molecule has 2 N–H and O–H groups in total. The third-order valence-corrected chi connectivity index (χ3v) is 4.16. The first kappa shape index (κ1) is 21.9. The van der Waals surface area contributed by atoms with Gasteiger partial charge in [-0.2, -0.15) is 5.10 Å². The van der Waals surface area contributed by atoms with Crippen LogP contribution in [0.2, 0.25) is 0 Å². The van der Waals surface area contributed by atoms with Crippen LogP contribution < -0.4 is 20.2 Å². The number of carbonyl (C=O) groups excluding carboxylic acids is 2. The van der Waals surface area contributed by atoms with Crippen LogP contribution in [0, 0.1) is 13.8 Å². The molecule has 0 saturated carbocycles. The summed E-state index contributed by atoms with van der Waals surface area (Å²) in [6.07, 6.45) is 1.59. The van der Waals surface area contributed by atoms with Crippen molar-refractivity contribution in [2.45, 2.75) is 33.6 Å². The fraction of sp³-hybridized carbons (Fsp3) is 0.318. The van der Waals surface area contributed by atoms with Crippen LogP contribution in [0.25, 0.3) is 0 Å². The molecule has 0 aliphatic rings. The average molecular weight is 397 g/mol. The van der Waals surface area contributed by atoms with Crippen LogP contribution in [0.3, 0.4) is 0 Å². The van der Waals surface area contributed by atoms with Gasteiger partial charge in [0.25, 0.3) is 0 Å². The number of nitrogens with one attached hydrogen (secondary N) is 2. The minimum absolute atomic E-state index is 0.0322. The predicted molar refractivity (Wildman–Crippen MR) is 114 cm³/mol. The Morgan fingerprint density at radius 2 is 1.86 bits per heavy atom. The first-order valence-electron chi connectivity index (χ1n) is 9.43. The molecule has 0 heterocycles. The number of ether oxygens (including phenoxy) is 2. The number of anilines is 1. The van der Waals surface area contributed by atoms with E-state index < -0.39 is 0 Å². The van der Waals surface area contributed by atoms with Gasteiger partial charge in [-0.05, 0) is 50.1 Å². The van der Waals surface area contributed by atoms with Crippen molar-refractivity contribution in [2.24, 2.45) is 5.10 Å². The molecule has 0 saturated heterocycles. The smallest absolute Gasteiger partial charge is 0.240 e. The summed E-state index contributed by atoms with van der Waals surface area (Å²) in [5.74, 6) is 0.580. The summed E-state index contributed by atoms with van der Waals surface area (Å²) in [7, 11) is 1.56. The lowest BCUT2D eigenvalue weighted by molar-refractivity contribution is -0.124. The van der Waals surface area contributed by atoms with E-state index >= 15 is 0 Å². The van der Waals surface area contributed by atoms with Crippen molar-refractivity contribution in [2.75, 3.05) is 19.0 Å². The van der Waals surface area contributed by atoms with Crippen LogP contribution in [0.4, 0.5) is 5.69 Å². The molecule has 0 spiro atoms. The lowest BCUT2D eigenvalue weighted by Crippen LogP contribution is -2.21. The zero-order chi connectivity index (χ0) is 21.2. The molecule has 29 heavy (non-hydrogen) atoms. The fourth-order valence-corrected chi connectivity index (χ4v) is 2.63. The van der Waals surface area contributed by atoms with Gasteiger partial charge in [0.2, 0.25) is 11.8 Å². The summed E-state index contributed by atoms with van der Waals surface area (Å²) >= 11 is 0. The van der Waals surface area contributed by atoms with Gasteiger partial charge >= 0.3 is 0 Å². The number of carbonyl (C=O) groups is 2. The van der Waals surface area contributed by atoms with E-state index in [4.69, 9.17) is 9.47 Å². The number of amides is 2. The van der Waals surface area contributed by atoms with Crippen LogP contribution in [-0.4, -0.2) is 31.7 Å². The molecule has 2 rings (SSSR count). The molecule has 154 valence electrons. The summed E-state index contributed by atoms with van der Waals surface area (Å²) in [6.45, 7) is 6.23. The van der Waals surface area contributed by atoms with E-state index in [-0.39, 0.29) is 24.7 Å². The minimum atomic E-state index is -0.349. The maximum atomic E-state index is 12.1. The third kappa shape index (κ3) is 6.64. The summed E-state index contributed by atoms with van der Waals surface area (Å²) in [5.41, 5.74) is 5.90. The number of hydrogen-bond acceptors (Lipinski definition) is 5. The van der Waals surface area contributed by atoms with Crippen molar-refractivity contribution < 1.29 is 19.1 Å². The van der Waals surface area contributed by atoms with Gasteiger partial charge in [0.15, 0.2) is 11.5 Å². The second-order valence-corrected chi connectivity index (χ2v) is 6.47. The lowest BCUT2D eigenvalue weighted by Gasteiger charge is -2.11. The van der Waals surface area contributed by atoms with Gasteiger partial charge in [0.05, 0.1) is 19.9 Å². The molecule has 0 aliphatic heterocycles. The van der Waals surface area contributed by atoms with Gasteiger partial charge < -0.3 is 14.8 Å². The topological polar surface area (TPSA) is 89.0 Å². The molecule has 7 heteroatoms. The number of benzene rings is 2. The molecule has 0 aliphatic carbocycles. The molecule has 2 amide bonds. The summed E-state index contributed by atoms with van der Waals surface area (Å²) in [4.78, 5) is 24.1. The van der Waals surface area contributed by atoms with Gasteiger partial charge in [0.1, 0.15) is 0 Å². The first-order chi connectivity index (χ1) is 13.9. The maximum absolute atomic E-state index is 12.1. The zero-order valence-corrected chi connectivity index (χ0v) is 17.2. The largest absolute Gasteiger partial charge is 0.493 e. The number of aryl methyl sites for hydroxylation is 2. The van der Waals surface area contributed by atoms with E-state index in [0.717, 1.165) is 16.8 Å². The van der Waals surface area contributed by atoms with Crippen molar-refractivity contribution in [3.05, 3.63) is 53.1 Å². The van der Waals surface area contributed by atoms with Gasteiger partial charge in [-0.15, -0.1) is 0 Å². The Kier molecular flexibility index (Phi) is 8.21. The molecule has 2 aromatic carbocycles. The van der Waals surface area contributed by atoms with Gasteiger partial charge in [-0.3, -0.25) is 9.59 Å². The Morgan fingerprint density at radius 3 is 2.59 bits per heavy atom. The van der Waals surface area contributed by atoms with Crippen molar-refractivity contribution >= 4 is 23.7 Å². The van der Waals surface area contributed by atoms with E-state index in [1.807, 2.05) is 45.0 Å². The molecule has 0 atom stereocenters. The SMILES string of the molecule is CCOc1c(C=NNC(=O)CCC(=O)Nc2cc(C)ccc2C)cccc1OC. The molecule has 2 aromatic rings. The van der Waals surface area contributed by atoms with Crippen LogP contribution in [0.15, 0.2) is 41.5 Å². The Hall–Kier alpha value is -3.35. The van der Waals surface area contributed by atoms with Crippen molar-refractivity contribution in [3.63, 3.8) is 0 Å². The van der Waals surface area contributed by atoms with Gasteiger partial charge in [-0.25, -0.2) is 5.43 Å². The molecule has 0 bridgehead atoms. The lowest BCUT2D eigenvalue weighted by atomic mass is 10.1. The highest BCUT2D eigenvalue weighted by molar-refractivity contribution is 5.94. The number of nitrogens with zero attached hydrogens (tertiary/aromatic N) is 1. The van der Waals surface area contributed by atoms with E-state index in [1.165, 1.54) is 6.21 Å². The summed E-state index contributed by atoms with van der Waals surface area (Å²) in [6, 6.07) is 11.2. The zero-order valence-electron chi connectivity index (χ0n) is 17.2. The van der Waals surface area contributed by atoms with E-state index in [2.05, 4.69) is 15.8 Å². The van der Waals surface area contributed by atoms with Crippen molar-refractivity contribution in [3.8, 4) is 11.5 Å². The standard InChI is InChI=1S/C22H27N3O4/c1-5-29-22-17(7-6-8-19(22)28-4)14-23-25-21(27)12-11-20(26)24-18-13-15(2)9-10-16(18)3/h6-10,13-14H,5,11-12H2,1-4H3,(H,24,26)(H,25,27). The predicted octanol–water partition coefficient (Wildman–Crippen LogP) is 3.58. The maximum Gasteiger partial charge on any atom is 0.240 e. The number of rotatable bonds is 9.